The Bertz CT molecular complexity index is 391. The summed E-state index contributed by atoms with van der Waals surface area (Å²) in [6.07, 6.45) is 6.18. The average molecular weight is 234 g/mol. The van der Waals surface area contributed by atoms with Crippen LogP contribution < -0.4 is 0 Å². The molecular formula is C12H14N2OS. The lowest BCUT2D eigenvalue weighted by Crippen LogP contribution is -2.30. The van der Waals surface area contributed by atoms with E-state index in [1.54, 1.807) is 24.2 Å². The molecule has 1 aromatic heterocycles. The Labute approximate surface area is 99.2 Å². The molecule has 0 radical (unpaired) electrons. The lowest BCUT2D eigenvalue weighted by molar-refractivity contribution is -0.128. The van der Waals surface area contributed by atoms with E-state index in [9.17, 15) is 4.79 Å². The maximum absolute atomic E-state index is 11.8. The summed E-state index contributed by atoms with van der Waals surface area (Å²) in [4.78, 5) is 17.9. The fourth-order valence-corrected chi connectivity index (χ4v) is 3.23. The van der Waals surface area contributed by atoms with Crippen LogP contribution in [0.15, 0.2) is 24.5 Å². The van der Waals surface area contributed by atoms with Crippen molar-refractivity contribution in [3.05, 3.63) is 30.1 Å². The molecule has 1 aliphatic carbocycles. The Hall–Kier alpha value is -1.03. The minimum atomic E-state index is 0.219. The maximum Gasteiger partial charge on any atom is 0.233 e. The van der Waals surface area contributed by atoms with Gasteiger partial charge in [-0.2, -0.15) is 0 Å². The van der Waals surface area contributed by atoms with E-state index in [2.05, 4.69) is 4.98 Å². The van der Waals surface area contributed by atoms with Crippen LogP contribution >= 0.6 is 11.8 Å². The zero-order valence-electron chi connectivity index (χ0n) is 9.00. The predicted octanol–water partition coefficient (Wildman–Crippen LogP) is 2.07. The summed E-state index contributed by atoms with van der Waals surface area (Å²) in [6.45, 7) is 0.943. The smallest absolute Gasteiger partial charge is 0.233 e. The van der Waals surface area contributed by atoms with Crippen LogP contribution in [0.2, 0.25) is 0 Å². The van der Waals surface area contributed by atoms with Crippen molar-refractivity contribution in [1.82, 2.24) is 9.88 Å². The van der Waals surface area contributed by atoms with Crippen LogP contribution in [0.4, 0.5) is 0 Å². The molecule has 2 fully saturated rings. The average Bonchev–Trinajstić information content (AvgIpc) is 3.06. The van der Waals surface area contributed by atoms with Gasteiger partial charge in [0, 0.05) is 18.9 Å². The van der Waals surface area contributed by atoms with Gasteiger partial charge < -0.3 is 4.90 Å². The van der Waals surface area contributed by atoms with E-state index in [1.165, 1.54) is 18.4 Å². The minimum Gasteiger partial charge on any atom is -0.326 e. The molecule has 1 saturated carbocycles. The van der Waals surface area contributed by atoms with Crippen molar-refractivity contribution in [2.75, 3.05) is 12.3 Å². The number of hydrogen-bond acceptors (Lipinski definition) is 3. The molecule has 1 aliphatic heterocycles. The number of rotatable bonds is 3. The zero-order chi connectivity index (χ0) is 11.0. The molecule has 4 heteroatoms. The van der Waals surface area contributed by atoms with E-state index in [1.807, 2.05) is 17.0 Å². The second kappa shape index (κ2) is 4.09. The maximum atomic E-state index is 11.8. The summed E-state index contributed by atoms with van der Waals surface area (Å²) in [5.41, 5.74) is 1.20. The van der Waals surface area contributed by atoms with Gasteiger partial charge in [-0.25, -0.2) is 0 Å². The van der Waals surface area contributed by atoms with Gasteiger partial charge >= 0.3 is 0 Å². The zero-order valence-corrected chi connectivity index (χ0v) is 9.82. The number of carbonyl (C=O) groups excluding carboxylic acids is 1. The number of amides is 1. The van der Waals surface area contributed by atoms with Crippen LogP contribution in [0.1, 0.15) is 23.8 Å². The van der Waals surface area contributed by atoms with Gasteiger partial charge in [-0.05, 0) is 36.5 Å². The fourth-order valence-electron chi connectivity index (χ4n) is 2.03. The monoisotopic (exact) mass is 234 g/mol. The van der Waals surface area contributed by atoms with E-state index < -0.39 is 0 Å². The molecule has 0 N–H and O–H groups in total. The molecule has 3 rings (SSSR count). The number of thioether (sulfide) groups is 1. The second-order valence-corrected chi connectivity index (χ2v) is 5.50. The highest BCUT2D eigenvalue weighted by Gasteiger charge is 2.36. The SMILES string of the molecule is O=C1CS[C@H](c2ccncc2)N1CC1CC1. The van der Waals surface area contributed by atoms with Gasteiger partial charge in [-0.1, -0.05) is 0 Å². The molecule has 0 aromatic carbocycles. The lowest BCUT2D eigenvalue weighted by Gasteiger charge is -2.23. The summed E-state index contributed by atoms with van der Waals surface area (Å²) >= 11 is 1.73. The van der Waals surface area contributed by atoms with Crippen LogP contribution in [-0.4, -0.2) is 28.1 Å². The summed E-state index contributed by atoms with van der Waals surface area (Å²) in [5.74, 6) is 1.67. The summed E-state index contributed by atoms with van der Waals surface area (Å²) in [6, 6.07) is 4.02. The number of carbonyl (C=O) groups is 1. The first-order chi connectivity index (χ1) is 7.84. The van der Waals surface area contributed by atoms with E-state index >= 15 is 0 Å². The Morgan fingerprint density at radius 2 is 2.12 bits per heavy atom. The van der Waals surface area contributed by atoms with Crippen LogP contribution in [0.5, 0.6) is 0 Å². The highest BCUT2D eigenvalue weighted by Crippen LogP contribution is 2.41. The molecule has 2 aliphatic rings. The molecular weight excluding hydrogens is 220 g/mol. The molecule has 2 heterocycles. The molecule has 1 aromatic rings. The topological polar surface area (TPSA) is 33.2 Å². The first-order valence-electron chi connectivity index (χ1n) is 5.65. The Balaban J connectivity index is 1.80. The number of nitrogens with zero attached hydrogens (tertiary/aromatic N) is 2. The Morgan fingerprint density at radius 1 is 1.38 bits per heavy atom. The Morgan fingerprint density at radius 3 is 2.81 bits per heavy atom. The number of aromatic nitrogens is 1. The molecule has 84 valence electrons. The van der Waals surface area contributed by atoms with E-state index in [-0.39, 0.29) is 5.37 Å². The minimum absolute atomic E-state index is 0.219. The van der Waals surface area contributed by atoms with Gasteiger partial charge in [0.25, 0.3) is 0 Å². The first-order valence-corrected chi connectivity index (χ1v) is 6.70. The first kappa shape index (κ1) is 10.1. The van der Waals surface area contributed by atoms with E-state index in [0.29, 0.717) is 11.7 Å². The second-order valence-electron chi connectivity index (χ2n) is 4.43. The van der Waals surface area contributed by atoms with Gasteiger partial charge in [0.05, 0.1) is 5.75 Å². The fraction of sp³-hybridized carbons (Fsp3) is 0.500. The van der Waals surface area contributed by atoms with Crippen molar-refractivity contribution in [2.24, 2.45) is 5.92 Å². The highest BCUT2D eigenvalue weighted by atomic mass is 32.2. The highest BCUT2D eigenvalue weighted by molar-refractivity contribution is 8.00. The third-order valence-electron chi connectivity index (χ3n) is 3.11. The predicted molar refractivity (Wildman–Crippen MR) is 63.9 cm³/mol. The van der Waals surface area contributed by atoms with Crippen LogP contribution in [0.3, 0.4) is 0 Å². The van der Waals surface area contributed by atoms with Gasteiger partial charge in [0.2, 0.25) is 5.91 Å². The van der Waals surface area contributed by atoms with Crippen molar-refractivity contribution in [1.29, 1.82) is 0 Å². The molecule has 1 amide bonds. The lowest BCUT2D eigenvalue weighted by atomic mass is 10.2. The standard InChI is InChI=1S/C12H14N2OS/c15-11-8-16-12(10-3-5-13-6-4-10)14(11)7-9-1-2-9/h3-6,9,12H,1-2,7-8H2/t12-/m1/s1. The number of hydrogen-bond donors (Lipinski definition) is 0. The van der Waals surface area contributed by atoms with Gasteiger partial charge in [-0.15, -0.1) is 11.8 Å². The van der Waals surface area contributed by atoms with Gasteiger partial charge in [0.1, 0.15) is 5.37 Å². The van der Waals surface area contributed by atoms with E-state index in [0.717, 1.165) is 12.5 Å². The molecule has 0 unspecified atom stereocenters. The van der Waals surface area contributed by atoms with Crippen molar-refractivity contribution >= 4 is 17.7 Å². The third-order valence-corrected chi connectivity index (χ3v) is 4.37. The van der Waals surface area contributed by atoms with Crippen LogP contribution in [-0.2, 0) is 4.79 Å². The van der Waals surface area contributed by atoms with Gasteiger partial charge in [0.15, 0.2) is 0 Å². The summed E-state index contributed by atoms with van der Waals surface area (Å²) in [7, 11) is 0. The van der Waals surface area contributed by atoms with Crippen LogP contribution in [0, 0.1) is 5.92 Å². The van der Waals surface area contributed by atoms with Crippen LogP contribution in [0.25, 0.3) is 0 Å². The van der Waals surface area contributed by atoms with Crippen molar-refractivity contribution in [3.8, 4) is 0 Å². The summed E-state index contributed by atoms with van der Waals surface area (Å²) in [5, 5.41) is 0.219. The molecule has 0 spiro atoms. The third kappa shape index (κ3) is 1.94. The van der Waals surface area contributed by atoms with Crippen molar-refractivity contribution < 1.29 is 4.79 Å². The molecule has 0 bridgehead atoms. The largest absolute Gasteiger partial charge is 0.326 e. The molecule has 16 heavy (non-hydrogen) atoms. The Kier molecular flexibility index (Phi) is 2.59. The number of pyridine rings is 1. The normalized spacial score (nSPS) is 25.1. The molecule has 3 nitrogen and oxygen atoms in total. The summed E-state index contributed by atoms with van der Waals surface area (Å²) < 4.78 is 0. The quantitative estimate of drug-likeness (QED) is 0.802. The van der Waals surface area contributed by atoms with Crippen molar-refractivity contribution in [3.63, 3.8) is 0 Å². The molecule has 1 atom stereocenters. The molecule has 1 saturated heterocycles. The van der Waals surface area contributed by atoms with Crippen molar-refractivity contribution in [2.45, 2.75) is 18.2 Å². The van der Waals surface area contributed by atoms with Gasteiger partial charge in [-0.3, -0.25) is 9.78 Å². The van der Waals surface area contributed by atoms with E-state index in [4.69, 9.17) is 0 Å².